The van der Waals surface area contributed by atoms with Crippen molar-refractivity contribution < 1.29 is 23.7 Å². The summed E-state index contributed by atoms with van der Waals surface area (Å²) in [6.07, 6.45) is 4.39. The summed E-state index contributed by atoms with van der Waals surface area (Å²) in [7, 11) is 3.20. The van der Waals surface area contributed by atoms with Gasteiger partial charge in [-0.3, -0.25) is 4.79 Å². The molecule has 0 saturated heterocycles. The Labute approximate surface area is 204 Å². The minimum atomic E-state index is -0.503. The Morgan fingerprint density at radius 2 is 1.60 bits per heavy atom. The summed E-state index contributed by atoms with van der Waals surface area (Å²) in [5.74, 6) is 1.22. The molecule has 35 heavy (non-hydrogen) atoms. The Kier molecular flexibility index (Phi) is 9.48. The van der Waals surface area contributed by atoms with E-state index in [1.165, 1.54) is 22.9 Å². The monoisotopic (exact) mass is 478 g/mol. The second kappa shape index (κ2) is 13.0. The average Bonchev–Trinajstić information content (AvgIpc) is 2.89. The summed E-state index contributed by atoms with van der Waals surface area (Å²) in [4.78, 5) is 25.1. The van der Waals surface area contributed by atoms with E-state index in [0.29, 0.717) is 6.61 Å². The molecule has 0 saturated carbocycles. The fraction of sp³-hybridized carbons (Fsp3) is 0.296. The zero-order valence-electron chi connectivity index (χ0n) is 20.2. The van der Waals surface area contributed by atoms with E-state index in [-0.39, 0.29) is 30.2 Å². The number of hydrogen-bond donors (Lipinski definition) is 0. The summed E-state index contributed by atoms with van der Waals surface area (Å²) < 4.78 is 22.7. The van der Waals surface area contributed by atoms with Crippen LogP contribution in [0.2, 0.25) is 0 Å². The molecule has 1 heterocycles. The Morgan fingerprint density at radius 1 is 0.971 bits per heavy atom. The van der Waals surface area contributed by atoms with Gasteiger partial charge in [-0.1, -0.05) is 37.6 Å². The molecule has 3 aromatic rings. The standard InChI is InChI=1S/C27H30N2O6/c1-4-5-16-34-26(30)15-10-22-17-25(35-19-21-8-13-24(33-3)14-9-21)28-29(27(22)31)18-20-6-11-23(32-2)12-7-20/h6-15,17H,4-5,16,18-19H2,1-3H3/b15-10+. The van der Waals surface area contributed by atoms with E-state index in [1.807, 2.05) is 55.5 Å². The van der Waals surface area contributed by atoms with Crippen molar-refractivity contribution in [3.05, 3.63) is 87.7 Å². The molecule has 0 bridgehead atoms. The van der Waals surface area contributed by atoms with Crippen LogP contribution < -0.4 is 19.8 Å². The first-order valence-electron chi connectivity index (χ1n) is 11.4. The number of carbonyl (C=O) groups excluding carboxylic acids is 1. The van der Waals surface area contributed by atoms with Gasteiger partial charge in [-0.2, -0.15) is 0 Å². The lowest BCUT2D eigenvalue weighted by atomic mass is 10.2. The second-order valence-electron chi connectivity index (χ2n) is 7.74. The number of ether oxygens (including phenoxy) is 4. The van der Waals surface area contributed by atoms with E-state index in [4.69, 9.17) is 18.9 Å². The van der Waals surface area contributed by atoms with Gasteiger partial charge in [-0.05, 0) is 47.9 Å². The molecule has 0 spiro atoms. The number of unbranched alkanes of at least 4 members (excludes halogenated alkanes) is 1. The average molecular weight is 479 g/mol. The number of aromatic nitrogens is 2. The number of rotatable bonds is 12. The van der Waals surface area contributed by atoms with Crippen LogP contribution in [0.3, 0.4) is 0 Å². The van der Waals surface area contributed by atoms with Gasteiger partial charge < -0.3 is 18.9 Å². The maximum Gasteiger partial charge on any atom is 0.330 e. The highest BCUT2D eigenvalue weighted by molar-refractivity contribution is 5.87. The van der Waals surface area contributed by atoms with Gasteiger partial charge in [0, 0.05) is 17.7 Å². The first-order chi connectivity index (χ1) is 17.0. The van der Waals surface area contributed by atoms with Crippen molar-refractivity contribution >= 4 is 12.0 Å². The number of nitrogens with zero attached hydrogens (tertiary/aromatic N) is 2. The highest BCUT2D eigenvalue weighted by Crippen LogP contribution is 2.16. The molecule has 0 amide bonds. The normalized spacial score (nSPS) is 10.8. The van der Waals surface area contributed by atoms with Gasteiger partial charge in [-0.15, -0.1) is 5.10 Å². The zero-order chi connectivity index (χ0) is 25.0. The molecule has 8 heteroatoms. The van der Waals surface area contributed by atoms with Crippen LogP contribution in [0, 0.1) is 0 Å². The van der Waals surface area contributed by atoms with Crippen molar-refractivity contribution in [3.63, 3.8) is 0 Å². The molecule has 0 aliphatic heterocycles. The van der Waals surface area contributed by atoms with E-state index in [2.05, 4.69) is 5.10 Å². The predicted octanol–water partition coefficient (Wildman–Crippen LogP) is 4.24. The first-order valence-corrected chi connectivity index (χ1v) is 11.4. The highest BCUT2D eigenvalue weighted by atomic mass is 16.5. The Hall–Kier alpha value is -4.07. The molecule has 3 rings (SSSR count). The van der Waals surface area contributed by atoms with Gasteiger partial charge in [0.15, 0.2) is 0 Å². The molecule has 0 radical (unpaired) electrons. The van der Waals surface area contributed by atoms with Gasteiger partial charge in [0.2, 0.25) is 5.88 Å². The first kappa shape index (κ1) is 25.6. The summed E-state index contributed by atoms with van der Waals surface area (Å²) in [5.41, 5.74) is 1.69. The van der Waals surface area contributed by atoms with Crippen molar-refractivity contribution in [1.29, 1.82) is 0 Å². The van der Waals surface area contributed by atoms with Gasteiger partial charge >= 0.3 is 5.97 Å². The maximum absolute atomic E-state index is 13.1. The second-order valence-corrected chi connectivity index (χ2v) is 7.74. The van der Waals surface area contributed by atoms with Crippen molar-refractivity contribution in [1.82, 2.24) is 9.78 Å². The summed E-state index contributed by atoms with van der Waals surface area (Å²) in [6.45, 7) is 2.83. The minimum Gasteiger partial charge on any atom is -0.497 e. The number of methoxy groups -OCH3 is 2. The lowest BCUT2D eigenvalue weighted by molar-refractivity contribution is -0.137. The molecule has 2 aromatic carbocycles. The zero-order valence-corrected chi connectivity index (χ0v) is 20.2. The molecule has 8 nitrogen and oxygen atoms in total. The van der Waals surface area contributed by atoms with Crippen LogP contribution in [0.25, 0.3) is 6.08 Å². The lowest BCUT2D eigenvalue weighted by Crippen LogP contribution is -2.26. The maximum atomic E-state index is 13.1. The minimum absolute atomic E-state index is 0.227. The molecule has 0 N–H and O–H groups in total. The fourth-order valence-corrected chi connectivity index (χ4v) is 3.14. The molecule has 0 unspecified atom stereocenters. The van der Waals surface area contributed by atoms with E-state index in [0.717, 1.165) is 35.5 Å². The molecular formula is C27H30N2O6. The van der Waals surface area contributed by atoms with E-state index in [9.17, 15) is 9.59 Å². The highest BCUT2D eigenvalue weighted by Gasteiger charge is 2.10. The number of hydrogen-bond acceptors (Lipinski definition) is 7. The van der Waals surface area contributed by atoms with Crippen molar-refractivity contribution in [2.75, 3.05) is 20.8 Å². The van der Waals surface area contributed by atoms with Gasteiger partial charge in [-0.25, -0.2) is 9.48 Å². The SMILES string of the molecule is CCCCOC(=O)/C=C/c1cc(OCc2ccc(OC)cc2)nn(Cc2ccc(OC)cc2)c1=O. The Morgan fingerprint density at radius 3 is 2.20 bits per heavy atom. The van der Waals surface area contributed by atoms with E-state index in [1.54, 1.807) is 14.2 Å². The van der Waals surface area contributed by atoms with Crippen LogP contribution in [0.5, 0.6) is 17.4 Å². The van der Waals surface area contributed by atoms with Crippen LogP contribution in [-0.4, -0.2) is 36.6 Å². The fourth-order valence-electron chi connectivity index (χ4n) is 3.14. The topological polar surface area (TPSA) is 88.9 Å². The summed E-state index contributed by atoms with van der Waals surface area (Å²) in [6, 6.07) is 16.3. The van der Waals surface area contributed by atoms with Gasteiger partial charge in [0.05, 0.1) is 27.4 Å². The third-order valence-electron chi connectivity index (χ3n) is 5.16. The van der Waals surface area contributed by atoms with Crippen molar-refractivity contribution in [3.8, 4) is 17.4 Å². The predicted molar refractivity (Wildman–Crippen MR) is 133 cm³/mol. The molecule has 0 aliphatic carbocycles. The summed E-state index contributed by atoms with van der Waals surface area (Å²) in [5, 5.41) is 4.38. The van der Waals surface area contributed by atoms with Crippen molar-refractivity contribution in [2.45, 2.75) is 32.9 Å². The molecule has 1 aromatic heterocycles. The molecular weight excluding hydrogens is 448 g/mol. The van der Waals surface area contributed by atoms with E-state index < -0.39 is 5.97 Å². The van der Waals surface area contributed by atoms with Gasteiger partial charge in [0.1, 0.15) is 18.1 Å². The Bertz CT molecular complexity index is 1180. The summed E-state index contributed by atoms with van der Waals surface area (Å²) >= 11 is 0. The number of esters is 1. The van der Waals surface area contributed by atoms with Gasteiger partial charge in [0.25, 0.3) is 5.56 Å². The van der Waals surface area contributed by atoms with Crippen LogP contribution in [-0.2, 0) is 22.7 Å². The quantitative estimate of drug-likeness (QED) is 0.218. The van der Waals surface area contributed by atoms with Crippen LogP contribution in [0.4, 0.5) is 0 Å². The number of carbonyl (C=O) groups is 1. The van der Waals surface area contributed by atoms with E-state index >= 15 is 0 Å². The molecule has 0 atom stereocenters. The third kappa shape index (κ3) is 7.74. The lowest BCUT2D eigenvalue weighted by Gasteiger charge is -2.11. The molecule has 0 aliphatic rings. The Balaban J connectivity index is 1.84. The van der Waals surface area contributed by atoms with Crippen LogP contribution in [0.1, 0.15) is 36.5 Å². The molecule has 184 valence electrons. The van der Waals surface area contributed by atoms with Crippen LogP contribution >= 0.6 is 0 Å². The smallest absolute Gasteiger partial charge is 0.330 e. The number of benzene rings is 2. The molecule has 0 fully saturated rings. The van der Waals surface area contributed by atoms with Crippen LogP contribution in [0.15, 0.2) is 65.5 Å². The largest absolute Gasteiger partial charge is 0.497 e. The third-order valence-corrected chi connectivity index (χ3v) is 5.16. The van der Waals surface area contributed by atoms with Crippen molar-refractivity contribution in [2.24, 2.45) is 0 Å².